The highest BCUT2D eigenvalue weighted by Crippen LogP contribution is 1.76. The Morgan fingerprint density at radius 3 is 1.62 bits per heavy atom. The normalized spacial score (nSPS) is 8.62. The van der Waals surface area contributed by atoms with Crippen molar-refractivity contribution >= 4 is 5.84 Å². The molecule has 0 bridgehead atoms. The summed E-state index contributed by atoms with van der Waals surface area (Å²) in [6.07, 6.45) is 0. The van der Waals surface area contributed by atoms with Gasteiger partial charge in [0.15, 0.2) is 0 Å². The van der Waals surface area contributed by atoms with Crippen LogP contribution in [0.1, 0.15) is 6.92 Å². The van der Waals surface area contributed by atoms with Crippen molar-refractivity contribution in [3.8, 4) is 0 Å². The lowest BCUT2D eigenvalue weighted by molar-refractivity contribution is -0.470. The van der Waals surface area contributed by atoms with E-state index in [-0.39, 0.29) is 0 Å². The molecule has 0 unspecified atom stereocenters. The van der Waals surface area contributed by atoms with Gasteiger partial charge < -0.3 is 0 Å². The van der Waals surface area contributed by atoms with E-state index in [1.165, 1.54) is 5.84 Å². The molecule has 0 radical (unpaired) electrons. The third kappa shape index (κ3) is 1.96. The van der Waals surface area contributed by atoms with E-state index < -0.39 is 0 Å². The molecule has 0 aliphatic rings. The maximum absolute atomic E-state index is 2.08. The van der Waals surface area contributed by atoms with Crippen LogP contribution in [0.15, 0.2) is 0 Å². The molecule has 0 saturated carbocycles. The summed E-state index contributed by atoms with van der Waals surface area (Å²) in [4.78, 5) is 2.08. The smallest absolute Gasteiger partial charge is 0.242 e. The molecule has 0 N–H and O–H groups in total. The fourth-order valence-electron chi connectivity index (χ4n) is 0.400. The van der Waals surface area contributed by atoms with E-state index in [0.29, 0.717) is 0 Å². The van der Waals surface area contributed by atoms with Crippen molar-refractivity contribution in [2.75, 3.05) is 28.2 Å². The van der Waals surface area contributed by atoms with Gasteiger partial charge in [0.25, 0.3) is 0 Å². The molecule has 2 nitrogen and oxygen atoms in total. The van der Waals surface area contributed by atoms with E-state index in [1.54, 1.807) is 0 Å². The molecule has 8 heavy (non-hydrogen) atoms. The topological polar surface area (TPSA) is 6.25 Å². The Bertz CT molecular complexity index is 99.1. The lowest BCUT2D eigenvalue weighted by Gasteiger charge is -2.04. The fourth-order valence-corrected chi connectivity index (χ4v) is 0.400. The molecular formula is C6H15N2+. The average molecular weight is 115 g/mol. The van der Waals surface area contributed by atoms with Crippen LogP contribution >= 0.6 is 0 Å². The summed E-state index contributed by atoms with van der Waals surface area (Å²) in [6.45, 7) is 2.08. The highest BCUT2D eigenvalue weighted by molar-refractivity contribution is 5.73. The average Bonchev–Trinajstić information content (AvgIpc) is 1.64. The first-order valence-corrected chi connectivity index (χ1v) is 2.74. The van der Waals surface area contributed by atoms with Crippen molar-refractivity contribution in [2.24, 2.45) is 0 Å². The zero-order valence-electron chi connectivity index (χ0n) is 6.39. The molecule has 0 atom stereocenters. The van der Waals surface area contributed by atoms with E-state index in [1.807, 2.05) is 28.2 Å². The van der Waals surface area contributed by atoms with Crippen molar-refractivity contribution in [1.82, 2.24) is 4.90 Å². The zero-order valence-corrected chi connectivity index (χ0v) is 6.39. The molecule has 0 amide bonds. The van der Waals surface area contributed by atoms with Gasteiger partial charge in [0.1, 0.15) is 0 Å². The molecule has 0 aromatic heterocycles. The highest BCUT2D eigenvalue weighted by Gasteiger charge is 1.99. The van der Waals surface area contributed by atoms with Crippen molar-refractivity contribution < 1.29 is 4.58 Å². The minimum absolute atomic E-state index is 1.27. The molecule has 0 spiro atoms. The van der Waals surface area contributed by atoms with Gasteiger partial charge in [-0.1, -0.05) is 0 Å². The van der Waals surface area contributed by atoms with Crippen molar-refractivity contribution in [3.05, 3.63) is 0 Å². The quantitative estimate of drug-likeness (QED) is 0.249. The van der Waals surface area contributed by atoms with E-state index in [9.17, 15) is 0 Å². The number of nitrogens with zero attached hydrogens (tertiary/aromatic N) is 2. The van der Waals surface area contributed by atoms with Gasteiger partial charge in [-0.25, -0.2) is 0 Å². The van der Waals surface area contributed by atoms with Crippen LogP contribution in [0.4, 0.5) is 0 Å². The van der Waals surface area contributed by atoms with Crippen LogP contribution in [0, 0.1) is 0 Å². The van der Waals surface area contributed by atoms with E-state index >= 15 is 0 Å². The summed E-state index contributed by atoms with van der Waals surface area (Å²) in [5.74, 6) is 1.27. The standard InChI is InChI=1S/C6H15N2/c1-6(7(2)3)8(4)5/h1-5H3/q+1. The summed E-state index contributed by atoms with van der Waals surface area (Å²) in [5.41, 5.74) is 0. The van der Waals surface area contributed by atoms with Gasteiger partial charge in [0.05, 0.1) is 28.2 Å². The molecule has 2 heteroatoms. The largest absolute Gasteiger partial charge is 0.271 e. The third-order valence-corrected chi connectivity index (χ3v) is 1.29. The van der Waals surface area contributed by atoms with Crippen molar-refractivity contribution in [3.63, 3.8) is 0 Å². The van der Waals surface area contributed by atoms with Gasteiger partial charge in [0.2, 0.25) is 5.84 Å². The van der Waals surface area contributed by atoms with Crippen LogP contribution < -0.4 is 0 Å². The first-order chi connectivity index (χ1) is 3.55. The third-order valence-electron chi connectivity index (χ3n) is 1.29. The molecule has 0 heterocycles. The van der Waals surface area contributed by atoms with Crippen LogP contribution in [-0.4, -0.2) is 43.5 Å². The van der Waals surface area contributed by atoms with Gasteiger partial charge >= 0.3 is 0 Å². The molecule has 0 fully saturated rings. The van der Waals surface area contributed by atoms with Crippen LogP contribution in [0.5, 0.6) is 0 Å². The first-order valence-electron chi connectivity index (χ1n) is 2.74. The molecule has 0 saturated heterocycles. The number of rotatable bonds is 0. The van der Waals surface area contributed by atoms with Gasteiger partial charge in [-0.3, -0.25) is 9.48 Å². The summed E-state index contributed by atoms with van der Waals surface area (Å²) in [7, 11) is 8.15. The first kappa shape index (κ1) is 7.47. The Balaban J connectivity index is 4.00. The van der Waals surface area contributed by atoms with Gasteiger partial charge in [-0.05, 0) is 0 Å². The van der Waals surface area contributed by atoms with E-state index in [0.717, 1.165) is 0 Å². The second-order valence-electron chi connectivity index (χ2n) is 2.34. The lowest BCUT2D eigenvalue weighted by Crippen LogP contribution is -2.26. The maximum Gasteiger partial charge on any atom is 0.242 e. The summed E-state index contributed by atoms with van der Waals surface area (Å²) >= 11 is 0. The molecular weight excluding hydrogens is 100 g/mol. The number of hydrogen-bond donors (Lipinski definition) is 0. The fraction of sp³-hybridized carbons (Fsp3) is 0.833. The minimum atomic E-state index is 1.27. The SMILES string of the molecule is CC(N(C)C)=[N+](C)C. The maximum atomic E-state index is 2.08. The monoisotopic (exact) mass is 115 g/mol. The molecule has 0 aliphatic heterocycles. The molecule has 48 valence electrons. The Morgan fingerprint density at radius 1 is 1.25 bits per heavy atom. The minimum Gasteiger partial charge on any atom is -0.271 e. The van der Waals surface area contributed by atoms with Crippen molar-refractivity contribution in [1.29, 1.82) is 0 Å². The molecule has 0 aromatic rings. The molecule has 0 aromatic carbocycles. The zero-order chi connectivity index (χ0) is 6.73. The Labute approximate surface area is 51.4 Å². The molecule has 0 aliphatic carbocycles. The highest BCUT2D eigenvalue weighted by atomic mass is 15.2. The predicted molar refractivity (Wildman–Crippen MR) is 36.5 cm³/mol. The number of amidine groups is 1. The van der Waals surface area contributed by atoms with Crippen molar-refractivity contribution in [2.45, 2.75) is 6.92 Å². The Kier molecular flexibility index (Phi) is 2.52. The van der Waals surface area contributed by atoms with Crippen LogP contribution in [0.3, 0.4) is 0 Å². The van der Waals surface area contributed by atoms with Gasteiger partial charge in [-0.15, -0.1) is 0 Å². The van der Waals surface area contributed by atoms with Crippen LogP contribution in [0.25, 0.3) is 0 Å². The summed E-state index contributed by atoms with van der Waals surface area (Å²) < 4.78 is 2.08. The van der Waals surface area contributed by atoms with E-state index in [2.05, 4.69) is 16.4 Å². The predicted octanol–water partition coefficient (Wildman–Crippen LogP) is 0.238. The molecule has 0 rings (SSSR count). The van der Waals surface area contributed by atoms with Crippen LogP contribution in [0.2, 0.25) is 0 Å². The summed E-state index contributed by atoms with van der Waals surface area (Å²) in [6, 6.07) is 0. The Hall–Kier alpha value is -0.530. The Morgan fingerprint density at radius 2 is 1.62 bits per heavy atom. The second kappa shape index (κ2) is 2.70. The van der Waals surface area contributed by atoms with Gasteiger partial charge in [0, 0.05) is 6.92 Å². The van der Waals surface area contributed by atoms with Gasteiger partial charge in [-0.2, -0.15) is 0 Å². The van der Waals surface area contributed by atoms with Crippen LogP contribution in [-0.2, 0) is 0 Å². The lowest BCUT2D eigenvalue weighted by atomic mass is 10.6. The van der Waals surface area contributed by atoms with E-state index in [4.69, 9.17) is 0 Å². The number of hydrogen-bond acceptors (Lipinski definition) is 0. The summed E-state index contributed by atoms with van der Waals surface area (Å²) in [5, 5.41) is 0. The second-order valence-corrected chi connectivity index (χ2v) is 2.34.